The van der Waals surface area contributed by atoms with E-state index in [9.17, 15) is 9.59 Å². The van der Waals surface area contributed by atoms with E-state index in [-0.39, 0.29) is 11.9 Å². The largest absolute Gasteiger partial charge is 0.325 e. The molecule has 3 amide bonds. The topological polar surface area (TPSA) is 76.7 Å². The molecule has 3 saturated heterocycles. The van der Waals surface area contributed by atoms with Crippen LogP contribution in [0.15, 0.2) is 18.2 Å². The van der Waals surface area contributed by atoms with Gasteiger partial charge in [0.15, 0.2) is 0 Å². The molecule has 3 aliphatic rings. The van der Waals surface area contributed by atoms with Gasteiger partial charge < -0.3 is 15.1 Å². The molecular weight excluding hydrogens is 354 g/mol. The predicted molar refractivity (Wildman–Crippen MR) is 110 cm³/mol. The minimum Gasteiger partial charge on any atom is -0.325 e. The number of piperidine rings is 1. The SMILES string of the molecule is Cc1ccc(N2CCCC2=O)cc1NC(=O)N1CCC(C2NNCC2C)CC1. The molecule has 0 aromatic heterocycles. The van der Waals surface area contributed by atoms with Gasteiger partial charge in [-0.25, -0.2) is 4.79 Å². The number of aryl methyl sites for hydroxylation is 1. The fourth-order valence-electron chi connectivity index (χ4n) is 4.68. The molecule has 0 radical (unpaired) electrons. The van der Waals surface area contributed by atoms with Crippen molar-refractivity contribution < 1.29 is 9.59 Å². The fourth-order valence-corrected chi connectivity index (χ4v) is 4.68. The number of benzene rings is 1. The van der Waals surface area contributed by atoms with Crippen LogP contribution in [-0.4, -0.2) is 49.1 Å². The van der Waals surface area contributed by atoms with E-state index < -0.39 is 0 Å². The van der Waals surface area contributed by atoms with Gasteiger partial charge in [0.1, 0.15) is 0 Å². The third-order valence-electron chi connectivity index (χ3n) is 6.49. The number of carbonyl (C=O) groups is 2. The number of hydrogen-bond acceptors (Lipinski definition) is 4. The van der Waals surface area contributed by atoms with Crippen molar-refractivity contribution >= 4 is 23.3 Å². The number of hydrogen-bond donors (Lipinski definition) is 3. The highest BCUT2D eigenvalue weighted by Crippen LogP contribution is 2.29. The maximum atomic E-state index is 12.8. The van der Waals surface area contributed by atoms with E-state index in [2.05, 4.69) is 23.1 Å². The molecule has 0 aliphatic carbocycles. The Morgan fingerprint density at radius 1 is 1.21 bits per heavy atom. The summed E-state index contributed by atoms with van der Waals surface area (Å²) in [5, 5.41) is 3.07. The van der Waals surface area contributed by atoms with E-state index in [1.54, 1.807) is 0 Å². The third kappa shape index (κ3) is 3.86. The Kier molecular flexibility index (Phi) is 5.55. The van der Waals surface area contributed by atoms with Crippen molar-refractivity contribution in [3.8, 4) is 0 Å². The molecule has 0 saturated carbocycles. The van der Waals surface area contributed by atoms with Crippen molar-refractivity contribution in [2.24, 2.45) is 11.8 Å². The van der Waals surface area contributed by atoms with Crippen LogP contribution in [0.25, 0.3) is 0 Å². The second kappa shape index (κ2) is 8.09. The van der Waals surface area contributed by atoms with Crippen molar-refractivity contribution in [1.82, 2.24) is 15.8 Å². The first kappa shape index (κ1) is 19.2. The van der Waals surface area contributed by atoms with Crippen LogP contribution in [-0.2, 0) is 4.79 Å². The van der Waals surface area contributed by atoms with Crippen LogP contribution in [0.5, 0.6) is 0 Å². The van der Waals surface area contributed by atoms with Gasteiger partial charge in [-0.3, -0.25) is 15.6 Å². The molecular formula is C21H31N5O2. The Hall–Kier alpha value is -2.12. The highest BCUT2D eigenvalue weighted by atomic mass is 16.2. The molecule has 0 bridgehead atoms. The van der Waals surface area contributed by atoms with Crippen molar-refractivity contribution in [3.63, 3.8) is 0 Å². The molecule has 152 valence electrons. The van der Waals surface area contributed by atoms with Gasteiger partial charge >= 0.3 is 6.03 Å². The minimum atomic E-state index is -0.0444. The Morgan fingerprint density at radius 3 is 2.64 bits per heavy atom. The molecule has 2 atom stereocenters. The molecule has 28 heavy (non-hydrogen) atoms. The van der Waals surface area contributed by atoms with Crippen LogP contribution in [0.3, 0.4) is 0 Å². The molecule has 3 aliphatic heterocycles. The standard InChI is InChI=1S/C21H31N5O2/c1-14-5-6-17(26-9-3-4-19(26)27)12-18(14)23-21(28)25-10-7-16(8-11-25)20-15(2)13-22-24-20/h5-6,12,15-16,20,22,24H,3-4,7-11,13H2,1-2H3,(H,23,28). The van der Waals surface area contributed by atoms with Gasteiger partial charge in [-0.15, -0.1) is 0 Å². The summed E-state index contributed by atoms with van der Waals surface area (Å²) >= 11 is 0. The van der Waals surface area contributed by atoms with Crippen LogP contribution in [0.2, 0.25) is 0 Å². The zero-order chi connectivity index (χ0) is 19.7. The summed E-state index contributed by atoms with van der Waals surface area (Å²) in [5.74, 6) is 1.40. The van der Waals surface area contributed by atoms with Gasteiger partial charge in [0.05, 0.1) is 0 Å². The molecule has 4 rings (SSSR count). The first-order valence-electron chi connectivity index (χ1n) is 10.5. The average molecular weight is 386 g/mol. The monoisotopic (exact) mass is 385 g/mol. The van der Waals surface area contributed by atoms with E-state index in [0.717, 1.165) is 62.4 Å². The number of carbonyl (C=O) groups excluding carboxylic acids is 2. The number of likely N-dealkylation sites (tertiary alicyclic amines) is 1. The van der Waals surface area contributed by atoms with E-state index in [4.69, 9.17) is 0 Å². The number of amides is 3. The van der Waals surface area contributed by atoms with Crippen LogP contribution in [0.4, 0.5) is 16.2 Å². The number of hydrazine groups is 1. The third-order valence-corrected chi connectivity index (χ3v) is 6.49. The van der Waals surface area contributed by atoms with Gasteiger partial charge in [-0.1, -0.05) is 13.0 Å². The normalized spacial score (nSPS) is 26.1. The Morgan fingerprint density at radius 2 is 2.00 bits per heavy atom. The lowest BCUT2D eigenvalue weighted by Crippen LogP contribution is -2.47. The number of urea groups is 1. The average Bonchev–Trinajstić information content (AvgIpc) is 3.32. The van der Waals surface area contributed by atoms with Crippen LogP contribution in [0, 0.1) is 18.8 Å². The van der Waals surface area contributed by atoms with Gasteiger partial charge in [-0.2, -0.15) is 0 Å². The summed E-state index contributed by atoms with van der Waals surface area (Å²) in [6, 6.07) is 6.32. The maximum absolute atomic E-state index is 12.8. The van der Waals surface area contributed by atoms with Gasteiger partial charge in [0.2, 0.25) is 5.91 Å². The van der Waals surface area contributed by atoms with Crippen LogP contribution >= 0.6 is 0 Å². The summed E-state index contributed by atoms with van der Waals surface area (Å²) in [7, 11) is 0. The first-order chi connectivity index (χ1) is 13.5. The minimum absolute atomic E-state index is 0.0444. The van der Waals surface area contributed by atoms with E-state index >= 15 is 0 Å². The lowest BCUT2D eigenvalue weighted by atomic mass is 9.84. The van der Waals surface area contributed by atoms with Crippen LogP contribution < -0.4 is 21.1 Å². The number of nitrogens with one attached hydrogen (secondary N) is 3. The molecule has 2 unspecified atom stereocenters. The second-order valence-electron chi connectivity index (χ2n) is 8.43. The number of anilines is 2. The lowest BCUT2D eigenvalue weighted by molar-refractivity contribution is -0.117. The summed E-state index contributed by atoms with van der Waals surface area (Å²) in [4.78, 5) is 28.6. The quantitative estimate of drug-likeness (QED) is 0.747. The molecule has 7 heteroatoms. The predicted octanol–water partition coefficient (Wildman–Crippen LogP) is 2.48. The first-order valence-corrected chi connectivity index (χ1v) is 10.5. The van der Waals surface area contributed by atoms with Crippen molar-refractivity contribution in [2.75, 3.05) is 36.4 Å². The fraction of sp³-hybridized carbons (Fsp3) is 0.619. The summed E-state index contributed by atoms with van der Waals surface area (Å²) in [5.41, 5.74) is 9.33. The zero-order valence-corrected chi connectivity index (χ0v) is 16.8. The molecule has 7 nitrogen and oxygen atoms in total. The molecule has 3 N–H and O–H groups in total. The zero-order valence-electron chi connectivity index (χ0n) is 16.8. The molecule has 3 heterocycles. The van der Waals surface area contributed by atoms with Crippen molar-refractivity contribution in [3.05, 3.63) is 23.8 Å². The maximum Gasteiger partial charge on any atom is 0.321 e. The van der Waals surface area contributed by atoms with Gasteiger partial charge in [0.25, 0.3) is 0 Å². The molecule has 1 aromatic carbocycles. The summed E-state index contributed by atoms with van der Waals surface area (Å²) < 4.78 is 0. The smallest absolute Gasteiger partial charge is 0.321 e. The number of nitrogens with zero attached hydrogens (tertiary/aromatic N) is 2. The number of rotatable bonds is 3. The molecule has 3 fully saturated rings. The summed E-state index contributed by atoms with van der Waals surface area (Å²) in [6.45, 7) is 7.59. The molecule has 1 aromatic rings. The van der Waals surface area contributed by atoms with Crippen molar-refractivity contribution in [2.45, 2.75) is 45.6 Å². The summed E-state index contributed by atoms with van der Waals surface area (Å²) in [6.07, 6.45) is 3.55. The van der Waals surface area contributed by atoms with Gasteiger partial charge in [-0.05, 0) is 55.7 Å². The van der Waals surface area contributed by atoms with Crippen molar-refractivity contribution in [1.29, 1.82) is 0 Å². The highest BCUT2D eigenvalue weighted by molar-refractivity contribution is 5.97. The second-order valence-corrected chi connectivity index (χ2v) is 8.43. The van der Waals surface area contributed by atoms with Gasteiger partial charge in [0, 0.05) is 50.0 Å². The highest BCUT2D eigenvalue weighted by Gasteiger charge is 2.34. The van der Waals surface area contributed by atoms with E-state index in [1.807, 2.05) is 34.9 Å². The molecule has 0 spiro atoms. The Labute approximate surface area is 166 Å². The Bertz CT molecular complexity index is 744. The van der Waals surface area contributed by atoms with Crippen LogP contribution in [0.1, 0.15) is 38.2 Å². The Balaban J connectivity index is 1.37. The lowest BCUT2D eigenvalue weighted by Gasteiger charge is -2.36. The van der Waals surface area contributed by atoms with E-state index in [0.29, 0.717) is 24.3 Å². The van der Waals surface area contributed by atoms with E-state index in [1.165, 1.54) is 0 Å².